The summed E-state index contributed by atoms with van der Waals surface area (Å²) in [5.74, 6) is 1.21. The number of fused-ring (bicyclic) bond motifs is 3. The highest BCUT2D eigenvalue weighted by Gasteiger charge is 2.26. The molecule has 4 aromatic rings. The van der Waals surface area contributed by atoms with Crippen LogP contribution in [-0.4, -0.2) is 20.2 Å². The zero-order valence-electron chi connectivity index (χ0n) is 16.3. The molecule has 1 aliphatic heterocycles. The van der Waals surface area contributed by atoms with Crippen LogP contribution in [0.5, 0.6) is 5.88 Å². The van der Waals surface area contributed by atoms with Crippen LogP contribution >= 0.6 is 11.8 Å². The monoisotopic (exact) mass is 413 g/mol. The first kappa shape index (κ1) is 18.6. The summed E-state index contributed by atoms with van der Waals surface area (Å²) in [7, 11) is 0. The summed E-state index contributed by atoms with van der Waals surface area (Å²) in [5.41, 5.74) is 5.35. The number of anilines is 1. The van der Waals surface area contributed by atoms with Crippen molar-refractivity contribution in [2.75, 3.05) is 5.32 Å². The second-order valence-electron chi connectivity index (χ2n) is 6.91. The van der Waals surface area contributed by atoms with E-state index in [0.717, 1.165) is 28.4 Å². The van der Waals surface area contributed by atoms with Crippen molar-refractivity contribution in [2.45, 2.75) is 24.1 Å². The Hall–Kier alpha value is -3.45. The number of hydrogen-bond donors (Lipinski definition) is 1. The van der Waals surface area contributed by atoms with Gasteiger partial charge in [0.2, 0.25) is 17.3 Å². The van der Waals surface area contributed by atoms with E-state index in [0.29, 0.717) is 16.7 Å². The molecule has 6 nitrogen and oxygen atoms in total. The number of benzene rings is 2. The number of nitrogens with zero attached hydrogens (tertiary/aromatic N) is 4. The molecule has 2 aromatic carbocycles. The highest BCUT2D eigenvalue weighted by atomic mass is 32.2. The highest BCUT2D eigenvalue weighted by Crippen LogP contribution is 2.39. The molecule has 30 heavy (non-hydrogen) atoms. The topological polar surface area (TPSA) is 72.8 Å². The van der Waals surface area contributed by atoms with E-state index in [-0.39, 0.29) is 0 Å². The summed E-state index contributed by atoms with van der Waals surface area (Å²) in [6.45, 7) is 1.96. The molecule has 0 amide bonds. The van der Waals surface area contributed by atoms with E-state index in [9.17, 15) is 0 Å². The molecule has 1 aliphatic rings. The number of nitrogens with one attached hydrogen (secondary N) is 1. The maximum atomic E-state index is 6.27. The molecule has 148 valence electrons. The van der Waals surface area contributed by atoms with Crippen molar-refractivity contribution in [3.63, 3.8) is 0 Å². The minimum atomic E-state index is -0.476. The number of aryl methyl sites for hydroxylation is 1. The van der Waals surface area contributed by atoms with Crippen LogP contribution in [0.4, 0.5) is 5.69 Å². The molecular formula is C23H19N5OS. The lowest BCUT2D eigenvalue weighted by Crippen LogP contribution is -2.18. The fourth-order valence-corrected chi connectivity index (χ4v) is 4.01. The van der Waals surface area contributed by atoms with Gasteiger partial charge in [-0.25, -0.2) is 0 Å². The zero-order valence-corrected chi connectivity index (χ0v) is 17.1. The molecular weight excluding hydrogens is 394 g/mol. The zero-order chi connectivity index (χ0) is 20.3. The number of aromatic nitrogens is 4. The van der Waals surface area contributed by atoms with Gasteiger partial charge in [-0.1, -0.05) is 66.4 Å². The predicted octanol–water partition coefficient (Wildman–Crippen LogP) is 5.04. The van der Waals surface area contributed by atoms with E-state index >= 15 is 0 Å². The summed E-state index contributed by atoms with van der Waals surface area (Å²) in [4.78, 5) is 9.31. The fourth-order valence-electron chi connectivity index (χ4n) is 3.27. The number of pyridine rings is 1. The molecule has 0 spiro atoms. The van der Waals surface area contributed by atoms with Crippen molar-refractivity contribution in [3.05, 3.63) is 89.7 Å². The first-order chi connectivity index (χ1) is 14.8. The van der Waals surface area contributed by atoms with Crippen LogP contribution < -0.4 is 10.1 Å². The number of ether oxygens (including phenoxy) is 1. The van der Waals surface area contributed by atoms with Crippen molar-refractivity contribution in [2.24, 2.45) is 0 Å². The van der Waals surface area contributed by atoms with Crippen LogP contribution in [0.1, 0.15) is 23.2 Å². The number of rotatable bonds is 4. The van der Waals surface area contributed by atoms with Gasteiger partial charge in [-0.2, -0.15) is 4.98 Å². The molecule has 3 heterocycles. The first-order valence-electron chi connectivity index (χ1n) is 9.64. The van der Waals surface area contributed by atoms with Gasteiger partial charge in [0.1, 0.15) is 5.69 Å². The quantitative estimate of drug-likeness (QED) is 0.470. The number of hydrogen-bond acceptors (Lipinski definition) is 7. The van der Waals surface area contributed by atoms with E-state index in [1.54, 1.807) is 0 Å². The van der Waals surface area contributed by atoms with Gasteiger partial charge in [-0.15, -0.1) is 10.2 Å². The average molecular weight is 414 g/mol. The Morgan fingerprint density at radius 2 is 1.73 bits per heavy atom. The smallest absolute Gasteiger partial charge is 0.247 e. The third kappa shape index (κ3) is 3.84. The largest absolute Gasteiger partial charge is 0.446 e. The van der Waals surface area contributed by atoms with Crippen LogP contribution in [0.2, 0.25) is 0 Å². The summed E-state index contributed by atoms with van der Waals surface area (Å²) in [5, 5.41) is 12.8. The van der Waals surface area contributed by atoms with Gasteiger partial charge in [-0.3, -0.25) is 4.98 Å². The van der Waals surface area contributed by atoms with Gasteiger partial charge >= 0.3 is 0 Å². The van der Waals surface area contributed by atoms with Gasteiger partial charge in [0.25, 0.3) is 0 Å². The van der Waals surface area contributed by atoms with Gasteiger partial charge in [0, 0.05) is 22.7 Å². The lowest BCUT2D eigenvalue weighted by atomic mass is 10.1. The van der Waals surface area contributed by atoms with Crippen molar-refractivity contribution in [1.29, 1.82) is 0 Å². The average Bonchev–Trinajstić information content (AvgIpc) is 2.95. The second-order valence-corrected chi connectivity index (χ2v) is 7.86. The summed E-state index contributed by atoms with van der Waals surface area (Å²) < 4.78 is 6.27. The minimum Gasteiger partial charge on any atom is -0.446 e. The van der Waals surface area contributed by atoms with Crippen molar-refractivity contribution < 1.29 is 4.74 Å². The van der Waals surface area contributed by atoms with Crippen LogP contribution in [0, 0.1) is 6.92 Å². The molecule has 0 fully saturated rings. The highest BCUT2D eigenvalue weighted by molar-refractivity contribution is 7.98. The standard InChI is InChI=1S/C23H19N5OS/c1-15-8-7-13-19(24-15)21-25-18-12-6-5-11-17(18)20-22(29-21)26-23(28-27-20)30-14-16-9-3-2-4-10-16/h2-13,21,25H,14H2,1H3/t21-/m1/s1. The number of para-hydroxylation sites is 1. The van der Waals surface area contributed by atoms with Crippen LogP contribution in [0.15, 0.2) is 78.0 Å². The van der Waals surface area contributed by atoms with Crippen LogP contribution in [-0.2, 0) is 5.75 Å². The van der Waals surface area contributed by atoms with Crippen molar-refractivity contribution >= 4 is 17.4 Å². The van der Waals surface area contributed by atoms with Gasteiger partial charge in [0.05, 0.1) is 0 Å². The molecule has 0 saturated heterocycles. The Kier molecular flexibility index (Phi) is 5.03. The fraction of sp³-hybridized carbons (Fsp3) is 0.130. The summed E-state index contributed by atoms with van der Waals surface area (Å²) in [6.07, 6.45) is -0.476. The Morgan fingerprint density at radius 1 is 0.900 bits per heavy atom. The molecule has 0 saturated carbocycles. The first-order valence-corrected chi connectivity index (χ1v) is 10.6. The van der Waals surface area contributed by atoms with Crippen LogP contribution in [0.25, 0.3) is 11.3 Å². The Morgan fingerprint density at radius 3 is 2.60 bits per heavy atom. The molecule has 0 unspecified atom stereocenters. The molecule has 0 radical (unpaired) electrons. The third-order valence-corrected chi connectivity index (χ3v) is 5.63. The van der Waals surface area contributed by atoms with Crippen LogP contribution in [0.3, 0.4) is 0 Å². The molecule has 7 heteroatoms. The molecule has 0 aliphatic carbocycles. The normalized spacial score (nSPS) is 14.6. The third-order valence-electron chi connectivity index (χ3n) is 4.72. The van der Waals surface area contributed by atoms with Gasteiger partial charge < -0.3 is 10.1 Å². The SMILES string of the molecule is Cc1cccc([C@@H]2Nc3ccccc3-c3nnc(SCc4ccccc4)nc3O2)n1. The van der Waals surface area contributed by atoms with Crippen molar-refractivity contribution in [1.82, 2.24) is 20.2 Å². The Balaban J connectivity index is 1.51. The Bertz CT molecular complexity index is 1190. The van der Waals surface area contributed by atoms with E-state index in [1.165, 1.54) is 17.3 Å². The molecule has 1 atom stereocenters. The maximum absolute atomic E-state index is 6.27. The van der Waals surface area contributed by atoms with E-state index in [2.05, 4.69) is 37.6 Å². The van der Waals surface area contributed by atoms with Gasteiger partial charge in [-0.05, 0) is 30.7 Å². The lowest BCUT2D eigenvalue weighted by molar-refractivity contribution is 0.220. The summed E-state index contributed by atoms with van der Waals surface area (Å²) in [6, 6.07) is 24.0. The van der Waals surface area contributed by atoms with Gasteiger partial charge in [0.15, 0.2) is 5.69 Å². The lowest BCUT2D eigenvalue weighted by Gasteiger charge is -2.18. The molecule has 2 aromatic heterocycles. The van der Waals surface area contributed by atoms with E-state index in [1.807, 2.05) is 67.6 Å². The number of thioether (sulfide) groups is 1. The maximum Gasteiger partial charge on any atom is 0.247 e. The van der Waals surface area contributed by atoms with E-state index in [4.69, 9.17) is 4.74 Å². The second kappa shape index (κ2) is 8.12. The summed E-state index contributed by atoms with van der Waals surface area (Å²) >= 11 is 1.53. The molecule has 1 N–H and O–H groups in total. The molecule has 5 rings (SSSR count). The van der Waals surface area contributed by atoms with E-state index < -0.39 is 6.23 Å². The molecule has 0 bridgehead atoms. The predicted molar refractivity (Wildman–Crippen MR) is 117 cm³/mol. The Labute approximate surface area is 178 Å². The minimum absolute atomic E-state index is 0.450. The van der Waals surface area contributed by atoms with Crippen molar-refractivity contribution in [3.8, 4) is 17.1 Å².